The maximum Gasteiger partial charge on any atom is 0.257 e. The average Bonchev–Trinajstić information content (AvgIpc) is 3.25. The van der Waals surface area contributed by atoms with E-state index in [0.717, 1.165) is 16.9 Å². The van der Waals surface area contributed by atoms with Gasteiger partial charge in [0.25, 0.3) is 5.89 Å². The van der Waals surface area contributed by atoms with Crippen LogP contribution in [0.15, 0.2) is 51.6 Å². The molecule has 124 valence electrons. The van der Waals surface area contributed by atoms with Gasteiger partial charge in [0.15, 0.2) is 5.82 Å². The largest absolute Gasteiger partial charge is 0.467 e. The van der Waals surface area contributed by atoms with Gasteiger partial charge >= 0.3 is 0 Å². The molecule has 1 aromatic carbocycles. The van der Waals surface area contributed by atoms with Crippen molar-refractivity contribution in [3.8, 4) is 11.5 Å². The van der Waals surface area contributed by atoms with Crippen molar-refractivity contribution in [1.82, 2.24) is 15.5 Å². The van der Waals surface area contributed by atoms with E-state index >= 15 is 0 Å². The van der Waals surface area contributed by atoms with Crippen LogP contribution >= 0.6 is 11.8 Å². The molecule has 0 atom stereocenters. The Labute approximate surface area is 143 Å². The molecule has 6 nitrogen and oxygen atoms in total. The normalized spacial score (nSPS) is 10.7. The lowest BCUT2D eigenvalue weighted by molar-refractivity contribution is -0.118. The summed E-state index contributed by atoms with van der Waals surface area (Å²) in [4.78, 5) is 16.1. The topological polar surface area (TPSA) is 81.2 Å². The van der Waals surface area contributed by atoms with Crippen molar-refractivity contribution in [2.24, 2.45) is 0 Å². The number of thioether (sulfide) groups is 1. The zero-order valence-electron chi connectivity index (χ0n) is 13.2. The second-order valence-corrected chi connectivity index (χ2v) is 6.22. The molecule has 0 saturated heterocycles. The highest BCUT2D eigenvalue weighted by molar-refractivity contribution is 7.99. The molecule has 0 bridgehead atoms. The van der Waals surface area contributed by atoms with Crippen LogP contribution in [-0.2, 0) is 17.1 Å². The molecular formula is C17H17N3O3S. The fourth-order valence-corrected chi connectivity index (χ4v) is 2.78. The minimum atomic E-state index is -0.0567. The minimum Gasteiger partial charge on any atom is -0.467 e. The number of amides is 1. The third-order valence-corrected chi connectivity index (χ3v) is 4.17. The lowest BCUT2D eigenvalue weighted by Gasteiger charge is -2.01. The first kappa shape index (κ1) is 16.3. The van der Waals surface area contributed by atoms with E-state index in [9.17, 15) is 4.79 Å². The highest BCUT2D eigenvalue weighted by atomic mass is 32.2. The first-order valence-electron chi connectivity index (χ1n) is 7.47. The SMILES string of the molecule is Cc1cccc(-c2nc(CSCC(=O)NCc3ccco3)no2)c1. The number of hydrogen-bond acceptors (Lipinski definition) is 6. The lowest BCUT2D eigenvalue weighted by atomic mass is 10.1. The third kappa shape index (κ3) is 4.48. The fraction of sp³-hybridized carbons (Fsp3) is 0.235. The van der Waals surface area contributed by atoms with Crippen LogP contribution < -0.4 is 5.32 Å². The molecule has 7 heteroatoms. The van der Waals surface area contributed by atoms with Gasteiger partial charge in [-0.05, 0) is 31.2 Å². The third-order valence-electron chi connectivity index (χ3n) is 3.24. The summed E-state index contributed by atoms with van der Waals surface area (Å²) in [5.41, 5.74) is 2.03. The molecule has 3 rings (SSSR count). The van der Waals surface area contributed by atoms with Crippen LogP contribution in [0.4, 0.5) is 0 Å². The summed E-state index contributed by atoms with van der Waals surface area (Å²) in [6, 6.07) is 11.5. The number of carbonyl (C=O) groups excluding carboxylic acids is 1. The van der Waals surface area contributed by atoms with Crippen molar-refractivity contribution < 1.29 is 13.7 Å². The van der Waals surface area contributed by atoms with Crippen LogP contribution in [0.5, 0.6) is 0 Å². The van der Waals surface area contributed by atoms with Gasteiger partial charge in [-0.2, -0.15) is 4.98 Å². The summed E-state index contributed by atoms with van der Waals surface area (Å²) < 4.78 is 10.4. The molecule has 3 aromatic rings. The molecule has 2 aromatic heterocycles. The second-order valence-electron chi connectivity index (χ2n) is 5.23. The van der Waals surface area contributed by atoms with Crippen molar-refractivity contribution in [2.75, 3.05) is 5.75 Å². The maximum absolute atomic E-state index is 11.8. The van der Waals surface area contributed by atoms with Crippen molar-refractivity contribution in [1.29, 1.82) is 0 Å². The Hall–Kier alpha value is -2.54. The molecule has 0 unspecified atom stereocenters. The second kappa shape index (κ2) is 7.83. The van der Waals surface area contributed by atoms with Crippen LogP contribution in [-0.4, -0.2) is 21.8 Å². The number of aryl methyl sites for hydroxylation is 1. The average molecular weight is 343 g/mol. The fourth-order valence-electron chi connectivity index (χ4n) is 2.09. The summed E-state index contributed by atoms with van der Waals surface area (Å²) in [6.07, 6.45) is 1.58. The first-order valence-corrected chi connectivity index (χ1v) is 8.62. The van der Waals surface area contributed by atoms with E-state index < -0.39 is 0 Å². The van der Waals surface area contributed by atoms with E-state index in [2.05, 4.69) is 15.5 Å². The predicted molar refractivity (Wildman–Crippen MR) is 91.2 cm³/mol. The van der Waals surface area contributed by atoms with Gasteiger partial charge in [0.05, 0.1) is 24.3 Å². The molecule has 2 heterocycles. The summed E-state index contributed by atoms with van der Waals surface area (Å²) in [7, 11) is 0. The first-order chi connectivity index (χ1) is 11.7. The van der Waals surface area contributed by atoms with E-state index in [4.69, 9.17) is 8.94 Å². The van der Waals surface area contributed by atoms with Crippen molar-refractivity contribution in [2.45, 2.75) is 19.2 Å². The van der Waals surface area contributed by atoms with E-state index in [1.54, 1.807) is 12.3 Å². The van der Waals surface area contributed by atoms with Gasteiger partial charge in [0.1, 0.15) is 5.76 Å². The number of carbonyl (C=O) groups is 1. The van der Waals surface area contributed by atoms with Gasteiger partial charge in [-0.1, -0.05) is 22.9 Å². The summed E-state index contributed by atoms with van der Waals surface area (Å²) in [5, 5.41) is 6.74. The minimum absolute atomic E-state index is 0.0567. The van der Waals surface area contributed by atoms with E-state index in [1.165, 1.54) is 11.8 Å². The van der Waals surface area contributed by atoms with E-state index in [-0.39, 0.29) is 5.91 Å². The van der Waals surface area contributed by atoms with E-state index in [0.29, 0.717) is 29.8 Å². The van der Waals surface area contributed by atoms with Gasteiger partial charge in [0.2, 0.25) is 5.91 Å². The zero-order chi connectivity index (χ0) is 16.8. The lowest BCUT2D eigenvalue weighted by Crippen LogP contribution is -2.24. The Balaban J connectivity index is 1.44. The Morgan fingerprint density at radius 3 is 3.00 bits per heavy atom. The standard InChI is InChI=1S/C17H17N3O3S/c1-12-4-2-5-13(8-12)17-19-15(20-23-17)10-24-11-16(21)18-9-14-6-3-7-22-14/h2-8H,9-11H2,1H3,(H,18,21). The van der Waals surface area contributed by atoms with Crippen molar-refractivity contribution >= 4 is 17.7 Å². The van der Waals surface area contributed by atoms with Crippen molar-refractivity contribution in [3.05, 3.63) is 59.8 Å². The number of furan rings is 1. The number of hydrogen-bond donors (Lipinski definition) is 1. The van der Waals surface area contributed by atoms with Gasteiger partial charge in [-0.3, -0.25) is 4.79 Å². The maximum atomic E-state index is 11.8. The highest BCUT2D eigenvalue weighted by Crippen LogP contribution is 2.19. The van der Waals surface area contributed by atoms with E-state index in [1.807, 2.05) is 37.3 Å². The zero-order valence-corrected chi connectivity index (χ0v) is 14.0. The van der Waals surface area contributed by atoms with Gasteiger partial charge < -0.3 is 14.3 Å². The van der Waals surface area contributed by atoms with Gasteiger partial charge in [-0.25, -0.2) is 0 Å². The number of benzene rings is 1. The molecule has 0 aliphatic rings. The quantitative estimate of drug-likeness (QED) is 0.709. The van der Waals surface area contributed by atoms with Crippen LogP contribution in [0.25, 0.3) is 11.5 Å². The number of nitrogens with zero attached hydrogens (tertiary/aromatic N) is 2. The Morgan fingerprint density at radius 2 is 2.21 bits per heavy atom. The van der Waals surface area contributed by atoms with Crippen LogP contribution in [0.2, 0.25) is 0 Å². The number of aromatic nitrogens is 2. The number of rotatable bonds is 7. The van der Waals surface area contributed by atoms with Crippen LogP contribution in [0, 0.1) is 6.92 Å². The summed E-state index contributed by atoms with van der Waals surface area (Å²) in [5.74, 6) is 2.60. The van der Waals surface area contributed by atoms with Gasteiger partial charge in [-0.15, -0.1) is 11.8 Å². The highest BCUT2D eigenvalue weighted by Gasteiger charge is 2.10. The van der Waals surface area contributed by atoms with Crippen molar-refractivity contribution in [3.63, 3.8) is 0 Å². The molecule has 24 heavy (non-hydrogen) atoms. The smallest absolute Gasteiger partial charge is 0.257 e. The molecule has 1 amide bonds. The molecular weight excluding hydrogens is 326 g/mol. The molecule has 1 N–H and O–H groups in total. The molecule has 0 aliphatic heterocycles. The Morgan fingerprint density at radius 1 is 1.29 bits per heavy atom. The monoisotopic (exact) mass is 343 g/mol. The molecule has 0 radical (unpaired) electrons. The van der Waals surface area contributed by atoms with Crippen LogP contribution in [0.1, 0.15) is 17.1 Å². The molecule has 0 fully saturated rings. The predicted octanol–water partition coefficient (Wildman–Crippen LogP) is 3.19. The molecule has 0 saturated carbocycles. The summed E-state index contributed by atoms with van der Waals surface area (Å²) >= 11 is 1.44. The molecule has 0 spiro atoms. The summed E-state index contributed by atoms with van der Waals surface area (Å²) in [6.45, 7) is 2.41. The van der Waals surface area contributed by atoms with Crippen LogP contribution in [0.3, 0.4) is 0 Å². The number of nitrogens with one attached hydrogen (secondary N) is 1. The Kier molecular flexibility index (Phi) is 5.32. The Bertz CT molecular complexity index is 799. The van der Waals surface area contributed by atoms with Gasteiger partial charge in [0, 0.05) is 5.56 Å². The molecule has 0 aliphatic carbocycles.